The van der Waals surface area contributed by atoms with Gasteiger partial charge in [-0.05, 0) is 18.6 Å². The van der Waals surface area contributed by atoms with Crippen LogP contribution in [0.2, 0.25) is 0 Å². The number of rotatable bonds is 3. The lowest BCUT2D eigenvalue weighted by atomic mass is 10.1. The summed E-state index contributed by atoms with van der Waals surface area (Å²) in [7, 11) is -1.46. The molecule has 1 unspecified atom stereocenters. The van der Waals surface area contributed by atoms with Gasteiger partial charge in [0.15, 0.2) is 15.7 Å². The zero-order valence-corrected chi connectivity index (χ0v) is 12.4. The number of oxime groups is 1. The predicted octanol–water partition coefficient (Wildman–Crippen LogP) is 0.0402. The highest BCUT2D eigenvalue weighted by Crippen LogP contribution is 2.19. The molecule has 7 nitrogen and oxygen atoms in total. The Morgan fingerprint density at radius 1 is 1.43 bits per heavy atom. The molecule has 1 aromatic rings. The van der Waals surface area contributed by atoms with Gasteiger partial charge in [0.1, 0.15) is 0 Å². The number of benzene rings is 1. The Morgan fingerprint density at radius 2 is 2.10 bits per heavy atom. The summed E-state index contributed by atoms with van der Waals surface area (Å²) in [5, 5.41) is 11.5. The molecule has 8 heteroatoms. The lowest BCUT2D eigenvalue weighted by molar-refractivity contribution is 0.0747. The fraction of sp³-hybridized carbons (Fsp3) is 0.385. The minimum atomic E-state index is -3.05. The maximum Gasteiger partial charge on any atom is 0.253 e. The van der Waals surface area contributed by atoms with Crippen LogP contribution in [-0.2, 0) is 9.84 Å². The van der Waals surface area contributed by atoms with Gasteiger partial charge in [-0.3, -0.25) is 4.79 Å². The fourth-order valence-electron chi connectivity index (χ4n) is 2.32. The second-order valence-corrected chi connectivity index (χ2v) is 7.27. The third-order valence-corrected chi connectivity index (χ3v) is 5.34. The second-order valence-electron chi connectivity index (χ2n) is 5.04. The molecule has 0 aromatic heterocycles. The van der Waals surface area contributed by atoms with Crippen molar-refractivity contribution in [3.63, 3.8) is 0 Å². The average Bonchev–Trinajstić information content (AvgIpc) is 2.85. The van der Waals surface area contributed by atoms with Gasteiger partial charge in [0.05, 0.1) is 11.5 Å². The number of amidine groups is 1. The predicted molar refractivity (Wildman–Crippen MR) is 78.1 cm³/mol. The first kappa shape index (κ1) is 15.3. The lowest BCUT2D eigenvalue weighted by Gasteiger charge is -2.23. The molecule has 2 rings (SSSR count). The fourth-order valence-corrected chi connectivity index (χ4v) is 4.09. The summed E-state index contributed by atoms with van der Waals surface area (Å²) < 4.78 is 23.0. The Kier molecular flexibility index (Phi) is 4.17. The normalized spacial score (nSPS) is 21.2. The van der Waals surface area contributed by atoms with Crippen molar-refractivity contribution in [1.29, 1.82) is 0 Å². The van der Waals surface area contributed by atoms with Crippen molar-refractivity contribution in [3.8, 4) is 0 Å². The van der Waals surface area contributed by atoms with E-state index < -0.39 is 9.84 Å². The molecule has 0 saturated carbocycles. The van der Waals surface area contributed by atoms with E-state index in [1.807, 2.05) is 0 Å². The highest BCUT2D eigenvalue weighted by Gasteiger charge is 2.33. The molecule has 0 bridgehead atoms. The molecule has 0 aliphatic carbocycles. The number of hydrogen-bond donors (Lipinski definition) is 2. The van der Waals surface area contributed by atoms with Crippen LogP contribution in [0.3, 0.4) is 0 Å². The summed E-state index contributed by atoms with van der Waals surface area (Å²) in [5.74, 6) is -0.269. The Bertz CT molecular complexity index is 684. The average molecular weight is 311 g/mol. The van der Waals surface area contributed by atoms with Crippen molar-refractivity contribution >= 4 is 21.6 Å². The van der Waals surface area contributed by atoms with E-state index >= 15 is 0 Å². The highest BCUT2D eigenvalue weighted by molar-refractivity contribution is 7.91. The molecule has 1 aliphatic heterocycles. The molecule has 114 valence electrons. The number of nitrogens with zero attached hydrogens (tertiary/aromatic N) is 2. The van der Waals surface area contributed by atoms with Crippen molar-refractivity contribution in [1.82, 2.24) is 4.90 Å². The van der Waals surface area contributed by atoms with Crippen LogP contribution in [0.15, 0.2) is 29.4 Å². The van der Waals surface area contributed by atoms with E-state index in [9.17, 15) is 13.2 Å². The standard InChI is InChI=1S/C13H17N3O4S/c1-16(11-5-6-21(19,20)8-11)13(17)10-4-2-3-9(7-10)12(14)15-18/h2-4,7,11,18H,5-6,8H2,1H3,(H2,14,15). The van der Waals surface area contributed by atoms with Crippen LogP contribution < -0.4 is 5.73 Å². The third kappa shape index (κ3) is 3.33. The number of amides is 1. The van der Waals surface area contributed by atoms with Gasteiger partial charge in [0, 0.05) is 24.2 Å². The summed E-state index contributed by atoms with van der Waals surface area (Å²) in [6.07, 6.45) is 0.449. The van der Waals surface area contributed by atoms with Crippen molar-refractivity contribution in [3.05, 3.63) is 35.4 Å². The van der Waals surface area contributed by atoms with Crippen LogP contribution in [0.1, 0.15) is 22.3 Å². The molecule has 21 heavy (non-hydrogen) atoms. The lowest BCUT2D eigenvalue weighted by Crippen LogP contribution is -2.37. The van der Waals surface area contributed by atoms with Gasteiger partial charge in [-0.1, -0.05) is 17.3 Å². The molecule has 3 N–H and O–H groups in total. The molecular formula is C13H17N3O4S. The van der Waals surface area contributed by atoms with Gasteiger partial charge in [-0.2, -0.15) is 0 Å². The van der Waals surface area contributed by atoms with E-state index in [2.05, 4.69) is 5.16 Å². The monoisotopic (exact) mass is 311 g/mol. The number of nitrogens with two attached hydrogens (primary N) is 1. The molecule has 1 aromatic carbocycles. The summed E-state index contributed by atoms with van der Waals surface area (Å²) >= 11 is 0. The Hall–Kier alpha value is -2.09. The van der Waals surface area contributed by atoms with Crippen LogP contribution in [0, 0.1) is 0 Å². The van der Waals surface area contributed by atoms with E-state index in [0.717, 1.165) is 0 Å². The summed E-state index contributed by atoms with van der Waals surface area (Å²) in [6, 6.07) is 6.05. The first-order valence-corrected chi connectivity index (χ1v) is 8.22. The van der Waals surface area contributed by atoms with E-state index in [1.165, 1.54) is 11.0 Å². The molecule has 1 fully saturated rings. The van der Waals surface area contributed by atoms with Gasteiger partial charge in [-0.25, -0.2) is 8.42 Å². The second kappa shape index (κ2) is 5.72. The van der Waals surface area contributed by atoms with Gasteiger partial charge in [0.25, 0.3) is 5.91 Å². The molecule has 1 amide bonds. The smallest absolute Gasteiger partial charge is 0.253 e. The highest BCUT2D eigenvalue weighted by atomic mass is 32.2. The molecule has 1 saturated heterocycles. The number of carbonyl (C=O) groups is 1. The largest absolute Gasteiger partial charge is 0.409 e. The van der Waals surface area contributed by atoms with Crippen molar-refractivity contribution < 1.29 is 18.4 Å². The maximum absolute atomic E-state index is 12.4. The van der Waals surface area contributed by atoms with Gasteiger partial charge < -0.3 is 15.8 Å². The third-order valence-electron chi connectivity index (χ3n) is 3.59. The van der Waals surface area contributed by atoms with Crippen molar-refractivity contribution in [2.45, 2.75) is 12.5 Å². The Balaban J connectivity index is 2.20. The summed E-state index contributed by atoms with van der Waals surface area (Å²) in [4.78, 5) is 13.8. The Labute approximate surface area is 123 Å². The van der Waals surface area contributed by atoms with Crippen LogP contribution in [-0.4, -0.2) is 54.9 Å². The molecule has 1 heterocycles. The van der Waals surface area contributed by atoms with Crippen molar-refractivity contribution in [2.24, 2.45) is 10.9 Å². The first-order valence-electron chi connectivity index (χ1n) is 6.39. The van der Waals surface area contributed by atoms with E-state index in [0.29, 0.717) is 17.5 Å². The van der Waals surface area contributed by atoms with Gasteiger partial charge in [0.2, 0.25) is 0 Å². The molecule has 0 radical (unpaired) electrons. The SMILES string of the molecule is CN(C(=O)c1cccc(/C(N)=N/O)c1)C1CCS(=O)(=O)C1. The van der Waals surface area contributed by atoms with Crippen LogP contribution in [0.4, 0.5) is 0 Å². The van der Waals surface area contributed by atoms with Gasteiger partial charge in [-0.15, -0.1) is 0 Å². The number of carbonyl (C=O) groups excluding carboxylic acids is 1. The minimum Gasteiger partial charge on any atom is -0.409 e. The Morgan fingerprint density at radius 3 is 2.67 bits per heavy atom. The minimum absolute atomic E-state index is 0.00479. The van der Waals surface area contributed by atoms with Crippen LogP contribution >= 0.6 is 0 Å². The van der Waals surface area contributed by atoms with E-state index in [-0.39, 0.29) is 29.3 Å². The zero-order chi connectivity index (χ0) is 15.6. The quantitative estimate of drug-likeness (QED) is 0.354. The topological polar surface area (TPSA) is 113 Å². The molecule has 1 aliphatic rings. The number of sulfone groups is 1. The first-order chi connectivity index (χ1) is 9.84. The van der Waals surface area contributed by atoms with Gasteiger partial charge >= 0.3 is 0 Å². The summed E-state index contributed by atoms with van der Waals surface area (Å²) in [6.45, 7) is 0. The van der Waals surface area contributed by atoms with E-state index in [1.54, 1.807) is 25.2 Å². The van der Waals surface area contributed by atoms with E-state index in [4.69, 9.17) is 10.9 Å². The zero-order valence-electron chi connectivity index (χ0n) is 11.6. The summed E-state index contributed by atoms with van der Waals surface area (Å²) in [5.41, 5.74) is 6.29. The maximum atomic E-state index is 12.4. The van der Waals surface area contributed by atoms with Crippen molar-refractivity contribution in [2.75, 3.05) is 18.6 Å². The molecule has 0 spiro atoms. The van der Waals surface area contributed by atoms with Crippen LogP contribution in [0.25, 0.3) is 0 Å². The molecular weight excluding hydrogens is 294 g/mol. The van der Waals surface area contributed by atoms with Crippen LogP contribution in [0.5, 0.6) is 0 Å². The molecule has 1 atom stereocenters. The number of hydrogen-bond acceptors (Lipinski definition) is 5.